The van der Waals surface area contributed by atoms with Gasteiger partial charge in [-0.05, 0) is 20.8 Å². The van der Waals surface area contributed by atoms with Gasteiger partial charge in [0.1, 0.15) is 12.0 Å². The molecule has 0 unspecified atom stereocenters. The summed E-state index contributed by atoms with van der Waals surface area (Å²) in [5.74, 6) is -0.415. The van der Waals surface area contributed by atoms with Crippen molar-refractivity contribution in [3.05, 3.63) is 0 Å². The number of carbonyl (C=O) groups is 1. The summed E-state index contributed by atoms with van der Waals surface area (Å²) >= 11 is 5.48. The van der Waals surface area contributed by atoms with Crippen LogP contribution in [-0.4, -0.2) is 30.7 Å². The first kappa shape index (κ1) is 11.7. The Labute approximate surface area is 78.0 Å². The van der Waals surface area contributed by atoms with Crippen molar-refractivity contribution in [1.82, 2.24) is 0 Å². The fourth-order valence-corrected chi connectivity index (χ4v) is 0.482. The number of rotatable bonds is 4. The Hall–Kier alpha value is -0.280. The van der Waals surface area contributed by atoms with Crippen LogP contribution in [-0.2, 0) is 14.3 Å². The Morgan fingerprint density at radius 2 is 2.08 bits per heavy atom. The summed E-state index contributed by atoms with van der Waals surface area (Å²) in [4.78, 5) is 10.9. The summed E-state index contributed by atoms with van der Waals surface area (Å²) in [5.41, 5.74) is -0.443. The van der Waals surface area contributed by atoms with Crippen molar-refractivity contribution in [2.24, 2.45) is 0 Å². The molecule has 0 radical (unpaired) electrons. The van der Waals surface area contributed by atoms with Crippen LogP contribution in [0.15, 0.2) is 0 Å². The molecule has 1 atom stereocenters. The molecule has 0 amide bonds. The highest BCUT2D eigenvalue weighted by atomic mass is 35.5. The van der Waals surface area contributed by atoms with Gasteiger partial charge in [0.25, 0.3) is 0 Å². The van der Waals surface area contributed by atoms with Crippen LogP contribution < -0.4 is 0 Å². The van der Waals surface area contributed by atoms with E-state index in [4.69, 9.17) is 21.1 Å². The van der Waals surface area contributed by atoms with E-state index >= 15 is 0 Å². The molecule has 0 saturated carbocycles. The van der Waals surface area contributed by atoms with Crippen molar-refractivity contribution >= 4 is 17.6 Å². The molecule has 0 aromatic rings. The van der Waals surface area contributed by atoms with E-state index in [-0.39, 0.29) is 6.61 Å². The highest BCUT2D eigenvalue weighted by Gasteiger charge is 2.20. The number of halogens is 1. The Morgan fingerprint density at radius 1 is 1.58 bits per heavy atom. The van der Waals surface area contributed by atoms with Crippen molar-refractivity contribution in [3.63, 3.8) is 0 Å². The molecule has 12 heavy (non-hydrogen) atoms. The lowest BCUT2D eigenvalue weighted by atomic mass is 10.1. The summed E-state index contributed by atoms with van der Waals surface area (Å²) in [6.07, 6.45) is 0. The van der Waals surface area contributed by atoms with Gasteiger partial charge in [0.15, 0.2) is 0 Å². The van der Waals surface area contributed by atoms with E-state index < -0.39 is 16.9 Å². The van der Waals surface area contributed by atoms with Crippen LogP contribution in [0, 0.1) is 0 Å². The monoisotopic (exact) mass is 194 g/mol. The van der Waals surface area contributed by atoms with Crippen LogP contribution in [0.2, 0.25) is 0 Å². The minimum atomic E-state index is -0.599. The van der Waals surface area contributed by atoms with Crippen LogP contribution in [0.1, 0.15) is 20.8 Å². The Bertz CT molecular complexity index is 154. The molecule has 4 heteroatoms. The molecule has 0 fully saturated rings. The van der Waals surface area contributed by atoms with E-state index in [1.54, 1.807) is 14.0 Å². The fourth-order valence-electron chi connectivity index (χ4n) is 0.419. The molecule has 0 aliphatic rings. The van der Waals surface area contributed by atoms with E-state index in [9.17, 15) is 4.79 Å². The van der Waals surface area contributed by atoms with E-state index in [2.05, 4.69) is 0 Å². The molecule has 0 heterocycles. The van der Waals surface area contributed by atoms with Crippen LogP contribution in [0.25, 0.3) is 0 Å². The second kappa shape index (κ2) is 4.67. The smallest absolute Gasteiger partial charge is 0.323 e. The van der Waals surface area contributed by atoms with Gasteiger partial charge in [-0.2, -0.15) is 0 Å². The molecule has 0 rings (SSSR count). The standard InChI is InChI=1S/C8H15ClO3/c1-6(9)7(10)12-5-8(2,3)11-4/h6H,5H2,1-4H3/t6-/m0/s1. The highest BCUT2D eigenvalue weighted by molar-refractivity contribution is 6.29. The first-order valence-corrected chi connectivity index (χ1v) is 4.18. The summed E-state index contributed by atoms with van der Waals surface area (Å²) in [6, 6.07) is 0. The van der Waals surface area contributed by atoms with Gasteiger partial charge in [-0.15, -0.1) is 11.6 Å². The van der Waals surface area contributed by atoms with Gasteiger partial charge >= 0.3 is 5.97 Å². The number of hydrogen-bond donors (Lipinski definition) is 0. The quantitative estimate of drug-likeness (QED) is 0.504. The van der Waals surface area contributed by atoms with Gasteiger partial charge in [-0.3, -0.25) is 4.79 Å². The number of ether oxygens (including phenoxy) is 2. The van der Waals surface area contributed by atoms with Crippen LogP contribution in [0.5, 0.6) is 0 Å². The molecule has 0 aromatic heterocycles. The number of carbonyl (C=O) groups excluding carboxylic acids is 1. The first-order valence-electron chi connectivity index (χ1n) is 3.75. The molecule has 0 saturated heterocycles. The Morgan fingerprint density at radius 3 is 2.42 bits per heavy atom. The average Bonchev–Trinajstić information content (AvgIpc) is 2.00. The maximum Gasteiger partial charge on any atom is 0.323 e. The molecule has 0 aliphatic carbocycles. The van der Waals surface area contributed by atoms with Gasteiger partial charge in [0, 0.05) is 7.11 Å². The lowest BCUT2D eigenvalue weighted by Crippen LogP contribution is -2.32. The zero-order chi connectivity index (χ0) is 9.78. The molecule has 0 bridgehead atoms. The second-order valence-corrected chi connectivity index (χ2v) is 3.84. The lowest BCUT2D eigenvalue weighted by molar-refractivity contribution is -0.150. The molecular weight excluding hydrogens is 180 g/mol. The third-order valence-electron chi connectivity index (χ3n) is 1.44. The van der Waals surface area contributed by atoms with Gasteiger partial charge in [0.05, 0.1) is 5.60 Å². The average molecular weight is 195 g/mol. The predicted octanol–water partition coefficient (Wildman–Crippen LogP) is 1.58. The van der Waals surface area contributed by atoms with Gasteiger partial charge in [-0.25, -0.2) is 0 Å². The highest BCUT2D eigenvalue weighted by Crippen LogP contribution is 2.08. The van der Waals surface area contributed by atoms with Crippen LogP contribution >= 0.6 is 11.6 Å². The molecular formula is C8H15ClO3. The minimum absolute atomic E-state index is 0.222. The number of esters is 1. The predicted molar refractivity (Wildman–Crippen MR) is 47.4 cm³/mol. The van der Waals surface area contributed by atoms with Gasteiger partial charge < -0.3 is 9.47 Å². The Balaban J connectivity index is 3.76. The molecule has 0 aromatic carbocycles. The topological polar surface area (TPSA) is 35.5 Å². The molecule has 72 valence electrons. The van der Waals surface area contributed by atoms with Gasteiger partial charge in [0.2, 0.25) is 0 Å². The van der Waals surface area contributed by atoms with Gasteiger partial charge in [-0.1, -0.05) is 0 Å². The summed E-state index contributed by atoms with van der Waals surface area (Å²) in [6.45, 7) is 5.46. The van der Waals surface area contributed by atoms with E-state index in [0.717, 1.165) is 0 Å². The van der Waals surface area contributed by atoms with Crippen LogP contribution in [0.3, 0.4) is 0 Å². The fraction of sp³-hybridized carbons (Fsp3) is 0.875. The third kappa shape index (κ3) is 4.57. The third-order valence-corrected chi connectivity index (χ3v) is 1.62. The molecule has 3 nitrogen and oxygen atoms in total. The Kier molecular flexibility index (Phi) is 4.57. The summed E-state index contributed by atoms with van der Waals surface area (Å²) in [5, 5.41) is -0.599. The second-order valence-electron chi connectivity index (χ2n) is 3.19. The van der Waals surface area contributed by atoms with Crippen LogP contribution in [0.4, 0.5) is 0 Å². The van der Waals surface area contributed by atoms with Crippen molar-refractivity contribution in [3.8, 4) is 0 Å². The van der Waals surface area contributed by atoms with Crippen molar-refractivity contribution in [2.45, 2.75) is 31.7 Å². The number of hydrogen-bond acceptors (Lipinski definition) is 3. The molecule has 0 N–H and O–H groups in total. The number of methoxy groups -OCH3 is 1. The van der Waals surface area contributed by atoms with Crippen molar-refractivity contribution in [1.29, 1.82) is 0 Å². The van der Waals surface area contributed by atoms with E-state index in [1.165, 1.54) is 0 Å². The minimum Gasteiger partial charge on any atom is -0.462 e. The van der Waals surface area contributed by atoms with E-state index in [0.29, 0.717) is 0 Å². The van der Waals surface area contributed by atoms with Crippen molar-refractivity contribution in [2.75, 3.05) is 13.7 Å². The first-order chi connectivity index (χ1) is 5.39. The number of alkyl halides is 1. The molecule has 0 spiro atoms. The lowest BCUT2D eigenvalue weighted by Gasteiger charge is -2.22. The maximum absolute atomic E-state index is 10.9. The zero-order valence-corrected chi connectivity index (χ0v) is 8.64. The summed E-state index contributed by atoms with van der Waals surface area (Å²) < 4.78 is 9.91. The van der Waals surface area contributed by atoms with E-state index in [1.807, 2.05) is 13.8 Å². The molecule has 0 aliphatic heterocycles. The maximum atomic E-state index is 10.9. The largest absolute Gasteiger partial charge is 0.462 e. The summed E-state index contributed by atoms with van der Waals surface area (Å²) in [7, 11) is 1.57. The zero-order valence-electron chi connectivity index (χ0n) is 7.89. The normalized spacial score (nSPS) is 14.1. The van der Waals surface area contributed by atoms with Crippen molar-refractivity contribution < 1.29 is 14.3 Å². The SMILES string of the molecule is COC(C)(C)COC(=O)[C@H](C)Cl.